The Hall–Kier alpha value is -2.18. The van der Waals surface area contributed by atoms with Gasteiger partial charge in [0, 0.05) is 18.9 Å². The molecule has 2 aliphatic heterocycles. The van der Waals surface area contributed by atoms with Gasteiger partial charge in [-0.1, -0.05) is 30.3 Å². The lowest BCUT2D eigenvalue weighted by molar-refractivity contribution is -0.133. The van der Waals surface area contributed by atoms with Crippen molar-refractivity contribution in [1.29, 1.82) is 0 Å². The van der Waals surface area contributed by atoms with E-state index in [0.29, 0.717) is 25.5 Å². The Labute approximate surface area is 163 Å². The fourth-order valence-corrected chi connectivity index (χ4v) is 4.32. The summed E-state index contributed by atoms with van der Waals surface area (Å²) < 4.78 is 17.1. The highest BCUT2D eigenvalue weighted by molar-refractivity contribution is 8.08. The molecule has 0 saturated carbocycles. The van der Waals surface area contributed by atoms with Crippen LogP contribution >= 0.6 is 11.8 Å². The number of benzene rings is 1. The van der Waals surface area contributed by atoms with Gasteiger partial charge in [-0.3, -0.25) is 4.79 Å². The van der Waals surface area contributed by atoms with Crippen LogP contribution in [-0.2, 0) is 20.8 Å². The molecule has 1 aromatic heterocycles. The van der Waals surface area contributed by atoms with Gasteiger partial charge in [0.2, 0.25) is 0 Å². The van der Waals surface area contributed by atoms with Gasteiger partial charge in [0.05, 0.1) is 30.4 Å². The van der Waals surface area contributed by atoms with E-state index in [1.165, 1.54) is 0 Å². The van der Waals surface area contributed by atoms with Gasteiger partial charge in [-0.25, -0.2) is 0 Å². The van der Waals surface area contributed by atoms with E-state index in [9.17, 15) is 4.79 Å². The number of nitrogens with zero attached hydrogens (tertiary/aromatic N) is 1. The minimum Gasteiger partial charge on any atom is -0.486 e. The largest absolute Gasteiger partial charge is 0.486 e. The number of amides is 1. The van der Waals surface area contributed by atoms with Gasteiger partial charge in [0.15, 0.2) is 5.76 Å². The Kier molecular flexibility index (Phi) is 5.84. The van der Waals surface area contributed by atoms with Crippen molar-refractivity contribution in [1.82, 2.24) is 4.90 Å². The highest BCUT2D eigenvalue weighted by Crippen LogP contribution is 2.35. The Bertz CT molecular complexity index is 782. The molecular weight excluding hydrogens is 362 g/mol. The predicted octanol–water partition coefficient (Wildman–Crippen LogP) is 3.92. The highest BCUT2D eigenvalue weighted by Gasteiger charge is 2.30. The first kappa shape index (κ1) is 18.2. The molecule has 0 aliphatic carbocycles. The maximum Gasteiger partial charge on any atom is 0.290 e. The molecule has 6 heteroatoms. The summed E-state index contributed by atoms with van der Waals surface area (Å²) in [5.41, 5.74) is 1.01. The SMILES string of the molecule is O=C(C1=C(c2ccccc2)SCCO1)N(Cc1ccco1)CC1CCCO1. The zero-order valence-electron chi connectivity index (χ0n) is 15.1. The molecule has 0 spiro atoms. The monoisotopic (exact) mass is 385 g/mol. The molecule has 2 aromatic rings. The average molecular weight is 385 g/mol. The number of carbonyl (C=O) groups excluding carboxylic acids is 1. The van der Waals surface area contributed by atoms with Crippen LogP contribution in [0, 0.1) is 0 Å². The van der Waals surface area contributed by atoms with E-state index in [0.717, 1.165) is 41.4 Å². The summed E-state index contributed by atoms with van der Waals surface area (Å²) >= 11 is 1.67. The summed E-state index contributed by atoms with van der Waals surface area (Å²) in [6, 6.07) is 13.7. The maximum absolute atomic E-state index is 13.4. The zero-order chi connectivity index (χ0) is 18.5. The normalized spacial score (nSPS) is 19.8. The van der Waals surface area contributed by atoms with E-state index in [1.54, 1.807) is 22.9 Å². The molecule has 142 valence electrons. The molecule has 2 aliphatic rings. The molecular formula is C21H23NO4S. The van der Waals surface area contributed by atoms with Crippen LogP contribution in [0.5, 0.6) is 0 Å². The molecule has 1 atom stereocenters. The molecule has 3 heterocycles. The van der Waals surface area contributed by atoms with Gasteiger partial charge in [0.25, 0.3) is 5.91 Å². The lowest BCUT2D eigenvalue weighted by Crippen LogP contribution is -2.39. The fourth-order valence-electron chi connectivity index (χ4n) is 3.37. The lowest BCUT2D eigenvalue weighted by Gasteiger charge is -2.28. The summed E-state index contributed by atoms with van der Waals surface area (Å²) in [5, 5.41) is 0. The van der Waals surface area contributed by atoms with Gasteiger partial charge in [-0.2, -0.15) is 0 Å². The van der Waals surface area contributed by atoms with Gasteiger partial charge >= 0.3 is 0 Å². The summed E-state index contributed by atoms with van der Waals surface area (Å²) in [6.45, 7) is 2.25. The van der Waals surface area contributed by atoms with Gasteiger partial charge in [-0.05, 0) is 30.5 Å². The number of rotatable bonds is 6. The highest BCUT2D eigenvalue weighted by atomic mass is 32.2. The standard InChI is InChI=1S/C21H23NO4S/c23-21(19-20(27-13-12-26-19)16-6-2-1-3-7-16)22(14-17-8-4-10-24-17)15-18-9-5-11-25-18/h1-4,6-8,10,18H,5,9,11-15H2. The van der Waals surface area contributed by atoms with Crippen LogP contribution in [0.4, 0.5) is 0 Å². The topological polar surface area (TPSA) is 51.9 Å². The van der Waals surface area contributed by atoms with Crippen LogP contribution in [0.15, 0.2) is 58.9 Å². The lowest BCUT2D eigenvalue weighted by atomic mass is 10.1. The van der Waals surface area contributed by atoms with E-state index in [-0.39, 0.29) is 12.0 Å². The number of carbonyl (C=O) groups is 1. The van der Waals surface area contributed by atoms with E-state index < -0.39 is 0 Å². The Morgan fingerprint density at radius 1 is 1.15 bits per heavy atom. The third-order valence-corrected chi connectivity index (χ3v) is 5.76. The van der Waals surface area contributed by atoms with Crippen molar-refractivity contribution >= 4 is 22.6 Å². The minimum atomic E-state index is -0.104. The van der Waals surface area contributed by atoms with Gasteiger partial charge in [-0.15, -0.1) is 11.8 Å². The van der Waals surface area contributed by atoms with Gasteiger partial charge < -0.3 is 18.8 Å². The van der Waals surface area contributed by atoms with E-state index in [4.69, 9.17) is 13.9 Å². The molecule has 5 nitrogen and oxygen atoms in total. The number of ether oxygens (including phenoxy) is 2. The number of furan rings is 1. The van der Waals surface area contributed by atoms with Crippen LogP contribution in [0.25, 0.3) is 4.91 Å². The second-order valence-corrected chi connectivity index (χ2v) is 7.73. The first-order valence-corrected chi connectivity index (χ1v) is 10.3. The summed E-state index contributed by atoms with van der Waals surface area (Å²) in [7, 11) is 0. The van der Waals surface area contributed by atoms with Crippen molar-refractivity contribution in [3.05, 3.63) is 65.8 Å². The molecule has 4 rings (SSSR count). The van der Waals surface area contributed by atoms with Crippen LogP contribution in [-0.4, -0.2) is 42.4 Å². The first-order valence-electron chi connectivity index (χ1n) is 9.30. The molecule has 1 aromatic carbocycles. The minimum absolute atomic E-state index is 0.0703. The second kappa shape index (κ2) is 8.67. The van der Waals surface area contributed by atoms with E-state index >= 15 is 0 Å². The summed E-state index contributed by atoms with van der Waals surface area (Å²) in [6.07, 6.45) is 3.71. The third kappa shape index (κ3) is 4.39. The summed E-state index contributed by atoms with van der Waals surface area (Å²) in [4.78, 5) is 16.1. The molecule has 0 radical (unpaired) electrons. The van der Waals surface area contributed by atoms with Crippen molar-refractivity contribution in [2.75, 3.05) is 25.5 Å². The van der Waals surface area contributed by atoms with Crippen LogP contribution in [0.3, 0.4) is 0 Å². The number of thioether (sulfide) groups is 1. The Morgan fingerprint density at radius 3 is 2.78 bits per heavy atom. The van der Waals surface area contributed by atoms with Crippen molar-refractivity contribution < 1.29 is 18.7 Å². The smallest absolute Gasteiger partial charge is 0.290 e. The molecule has 0 bridgehead atoms. The fraction of sp³-hybridized carbons (Fsp3) is 0.381. The van der Waals surface area contributed by atoms with Crippen molar-refractivity contribution in [3.8, 4) is 0 Å². The maximum atomic E-state index is 13.4. The van der Waals surface area contributed by atoms with Crippen LogP contribution in [0.1, 0.15) is 24.2 Å². The quantitative estimate of drug-likeness (QED) is 0.754. The van der Waals surface area contributed by atoms with E-state index in [1.807, 2.05) is 42.5 Å². The van der Waals surface area contributed by atoms with Crippen molar-refractivity contribution in [3.63, 3.8) is 0 Å². The van der Waals surface area contributed by atoms with E-state index in [2.05, 4.69) is 0 Å². The third-order valence-electron chi connectivity index (χ3n) is 4.67. The molecule has 1 unspecified atom stereocenters. The first-order chi connectivity index (χ1) is 13.3. The molecule has 1 saturated heterocycles. The predicted molar refractivity (Wildman–Crippen MR) is 105 cm³/mol. The van der Waals surface area contributed by atoms with Crippen LogP contribution in [0.2, 0.25) is 0 Å². The average Bonchev–Trinajstić information content (AvgIpc) is 3.42. The molecule has 0 N–H and O–H groups in total. The zero-order valence-corrected chi connectivity index (χ0v) is 16.0. The van der Waals surface area contributed by atoms with Crippen molar-refractivity contribution in [2.45, 2.75) is 25.5 Å². The van der Waals surface area contributed by atoms with Gasteiger partial charge in [0.1, 0.15) is 5.76 Å². The second-order valence-electron chi connectivity index (χ2n) is 6.62. The Morgan fingerprint density at radius 2 is 2.04 bits per heavy atom. The number of hydrogen-bond acceptors (Lipinski definition) is 5. The van der Waals surface area contributed by atoms with Crippen LogP contribution < -0.4 is 0 Å². The molecule has 1 fully saturated rings. The Balaban J connectivity index is 1.62. The number of hydrogen-bond donors (Lipinski definition) is 0. The van der Waals surface area contributed by atoms with Crippen molar-refractivity contribution in [2.24, 2.45) is 0 Å². The molecule has 1 amide bonds. The summed E-state index contributed by atoms with van der Waals surface area (Å²) in [5.74, 6) is 1.92. The molecule has 27 heavy (non-hydrogen) atoms.